The first-order chi connectivity index (χ1) is 8.65. The number of rotatable bonds is 1. The summed E-state index contributed by atoms with van der Waals surface area (Å²) >= 11 is 0. The Labute approximate surface area is 107 Å². The summed E-state index contributed by atoms with van der Waals surface area (Å²) in [7, 11) is 0. The molecule has 0 spiro atoms. The normalized spacial score (nSPS) is 26.4. The van der Waals surface area contributed by atoms with Crippen LogP contribution in [-0.2, 0) is 18.0 Å². The van der Waals surface area contributed by atoms with E-state index in [9.17, 15) is 4.79 Å². The highest BCUT2D eigenvalue weighted by Crippen LogP contribution is 2.23. The van der Waals surface area contributed by atoms with Crippen molar-refractivity contribution >= 4 is 5.91 Å². The fraction of sp³-hybridized carbons (Fsp3) is 0.500. The van der Waals surface area contributed by atoms with Crippen LogP contribution in [0.2, 0.25) is 0 Å². The van der Waals surface area contributed by atoms with E-state index < -0.39 is 0 Å². The maximum atomic E-state index is 12.4. The predicted octanol–water partition coefficient (Wildman–Crippen LogP) is 1.14. The Hall–Kier alpha value is -1.39. The van der Waals surface area contributed by atoms with E-state index in [0.717, 1.165) is 17.7 Å². The van der Waals surface area contributed by atoms with Crippen LogP contribution in [0, 0.1) is 5.92 Å². The highest BCUT2D eigenvalue weighted by atomic mass is 16.5. The maximum Gasteiger partial charge on any atom is 0.253 e. The third-order valence-electron chi connectivity index (χ3n) is 3.93. The lowest BCUT2D eigenvalue weighted by Crippen LogP contribution is -2.32. The van der Waals surface area contributed by atoms with Crippen molar-refractivity contribution < 1.29 is 9.53 Å². The van der Waals surface area contributed by atoms with Crippen molar-refractivity contribution in [3.63, 3.8) is 0 Å². The molecule has 0 bridgehead atoms. The molecule has 96 valence electrons. The molecular weight excluding hydrogens is 228 g/mol. The van der Waals surface area contributed by atoms with Crippen LogP contribution in [0.1, 0.15) is 28.4 Å². The molecule has 2 heterocycles. The summed E-state index contributed by atoms with van der Waals surface area (Å²) in [6.07, 6.45) is 0. The number of amides is 1. The summed E-state index contributed by atoms with van der Waals surface area (Å²) in [5, 5.41) is 0. The number of carbonyl (C=O) groups is 1. The standard InChI is InChI=1S/C14H18N2O2/c1-9-5-16(6-13(9)15)14(17)10-2-3-11-7-18-8-12(11)4-10/h2-4,9,13H,5-8,15H2,1H3. The fourth-order valence-corrected chi connectivity index (χ4v) is 2.65. The molecule has 0 radical (unpaired) electrons. The van der Waals surface area contributed by atoms with E-state index in [1.165, 1.54) is 5.56 Å². The van der Waals surface area contributed by atoms with E-state index in [0.29, 0.717) is 25.7 Å². The third kappa shape index (κ3) is 1.91. The molecule has 2 aliphatic rings. The van der Waals surface area contributed by atoms with Gasteiger partial charge in [0.15, 0.2) is 0 Å². The molecule has 18 heavy (non-hydrogen) atoms. The van der Waals surface area contributed by atoms with Gasteiger partial charge >= 0.3 is 0 Å². The van der Waals surface area contributed by atoms with Gasteiger partial charge in [0, 0.05) is 24.7 Å². The van der Waals surface area contributed by atoms with Crippen molar-refractivity contribution in [1.82, 2.24) is 4.90 Å². The van der Waals surface area contributed by atoms with E-state index in [1.54, 1.807) is 0 Å². The minimum Gasteiger partial charge on any atom is -0.372 e. The molecular formula is C14H18N2O2. The third-order valence-corrected chi connectivity index (χ3v) is 3.93. The van der Waals surface area contributed by atoms with E-state index in [4.69, 9.17) is 10.5 Å². The molecule has 2 unspecified atom stereocenters. The second-order valence-electron chi connectivity index (χ2n) is 5.33. The summed E-state index contributed by atoms with van der Waals surface area (Å²) in [5.74, 6) is 0.469. The summed E-state index contributed by atoms with van der Waals surface area (Å²) in [6, 6.07) is 5.95. The Morgan fingerprint density at radius 1 is 1.33 bits per heavy atom. The van der Waals surface area contributed by atoms with Crippen LogP contribution in [-0.4, -0.2) is 29.9 Å². The molecule has 1 saturated heterocycles. The molecule has 4 heteroatoms. The summed E-state index contributed by atoms with van der Waals surface area (Å²) < 4.78 is 5.36. The van der Waals surface area contributed by atoms with E-state index in [-0.39, 0.29) is 11.9 Å². The van der Waals surface area contributed by atoms with Crippen LogP contribution in [0.4, 0.5) is 0 Å². The molecule has 1 fully saturated rings. The quantitative estimate of drug-likeness (QED) is 0.808. The minimum atomic E-state index is 0.0875. The topological polar surface area (TPSA) is 55.6 Å². The number of carbonyl (C=O) groups excluding carboxylic acids is 1. The van der Waals surface area contributed by atoms with Gasteiger partial charge in [0.1, 0.15) is 0 Å². The van der Waals surface area contributed by atoms with Gasteiger partial charge in [-0.15, -0.1) is 0 Å². The molecule has 2 N–H and O–H groups in total. The van der Waals surface area contributed by atoms with E-state index in [1.807, 2.05) is 23.1 Å². The Morgan fingerprint density at radius 2 is 2.11 bits per heavy atom. The van der Waals surface area contributed by atoms with Gasteiger partial charge in [0.05, 0.1) is 13.2 Å². The zero-order chi connectivity index (χ0) is 12.7. The number of benzene rings is 1. The Morgan fingerprint density at radius 3 is 2.83 bits per heavy atom. The first-order valence-electron chi connectivity index (χ1n) is 6.39. The number of nitrogens with two attached hydrogens (primary N) is 1. The molecule has 4 nitrogen and oxygen atoms in total. The minimum absolute atomic E-state index is 0.0875. The van der Waals surface area contributed by atoms with Gasteiger partial charge in [-0.05, 0) is 29.2 Å². The Bertz CT molecular complexity index is 477. The molecule has 0 aromatic heterocycles. The lowest BCUT2D eigenvalue weighted by Gasteiger charge is -2.16. The Kier molecular flexibility index (Phi) is 2.84. The van der Waals surface area contributed by atoms with Gasteiger partial charge in [-0.25, -0.2) is 0 Å². The summed E-state index contributed by atoms with van der Waals surface area (Å²) in [6.45, 7) is 4.79. The average molecular weight is 246 g/mol. The van der Waals surface area contributed by atoms with Crippen LogP contribution < -0.4 is 5.73 Å². The van der Waals surface area contributed by atoms with Crippen molar-refractivity contribution in [2.24, 2.45) is 11.7 Å². The number of hydrogen-bond acceptors (Lipinski definition) is 3. The van der Waals surface area contributed by atoms with Crippen molar-refractivity contribution in [3.05, 3.63) is 34.9 Å². The maximum absolute atomic E-state index is 12.4. The van der Waals surface area contributed by atoms with Crippen molar-refractivity contribution in [1.29, 1.82) is 0 Å². The van der Waals surface area contributed by atoms with Gasteiger partial charge in [-0.2, -0.15) is 0 Å². The van der Waals surface area contributed by atoms with Crippen LogP contribution in [0.3, 0.4) is 0 Å². The smallest absolute Gasteiger partial charge is 0.253 e. The fourth-order valence-electron chi connectivity index (χ4n) is 2.65. The monoisotopic (exact) mass is 246 g/mol. The van der Waals surface area contributed by atoms with Gasteiger partial charge in [-0.3, -0.25) is 4.79 Å². The molecule has 1 aromatic rings. The number of nitrogens with zero attached hydrogens (tertiary/aromatic N) is 1. The molecule has 2 aliphatic heterocycles. The second kappa shape index (κ2) is 4.37. The zero-order valence-corrected chi connectivity index (χ0v) is 10.6. The van der Waals surface area contributed by atoms with Gasteiger partial charge in [-0.1, -0.05) is 13.0 Å². The van der Waals surface area contributed by atoms with Crippen LogP contribution >= 0.6 is 0 Å². The number of hydrogen-bond donors (Lipinski definition) is 1. The SMILES string of the molecule is CC1CN(C(=O)c2ccc3c(c2)COC3)CC1N. The molecule has 1 aromatic carbocycles. The van der Waals surface area contributed by atoms with E-state index in [2.05, 4.69) is 6.92 Å². The highest BCUT2D eigenvalue weighted by Gasteiger charge is 2.30. The van der Waals surface area contributed by atoms with Crippen LogP contribution in [0.5, 0.6) is 0 Å². The highest BCUT2D eigenvalue weighted by molar-refractivity contribution is 5.94. The summed E-state index contributed by atoms with van der Waals surface area (Å²) in [5.41, 5.74) is 9.04. The number of likely N-dealkylation sites (tertiary alicyclic amines) is 1. The van der Waals surface area contributed by atoms with Crippen molar-refractivity contribution in [3.8, 4) is 0 Å². The van der Waals surface area contributed by atoms with Gasteiger partial charge < -0.3 is 15.4 Å². The Balaban J connectivity index is 1.81. The first kappa shape index (κ1) is 11.7. The van der Waals surface area contributed by atoms with Crippen LogP contribution in [0.25, 0.3) is 0 Å². The molecule has 1 amide bonds. The second-order valence-corrected chi connectivity index (χ2v) is 5.33. The first-order valence-corrected chi connectivity index (χ1v) is 6.39. The van der Waals surface area contributed by atoms with Gasteiger partial charge in [0.2, 0.25) is 0 Å². The van der Waals surface area contributed by atoms with Gasteiger partial charge in [0.25, 0.3) is 5.91 Å². The number of fused-ring (bicyclic) bond motifs is 1. The van der Waals surface area contributed by atoms with Crippen molar-refractivity contribution in [2.45, 2.75) is 26.2 Å². The average Bonchev–Trinajstić information content (AvgIpc) is 2.95. The molecule has 2 atom stereocenters. The molecule has 0 saturated carbocycles. The lowest BCUT2D eigenvalue weighted by molar-refractivity contribution is 0.0786. The molecule has 3 rings (SSSR count). The summed E-state index contributed by atoms with van der Waals surface area (Å²) in [4.78, 5) is 14.2. The molecule has 0 aliphatic carbocycles. The van der Waals surface area contributed by atoms with Crippen molar-refractivity contribution in [2.75, 3.05) is 13.1 Å². The lowest BCUT2D eigenvalue weighted by atomic mass is 10.1. The number of ether oxygens (including phenoxy) is 1. The largest absolute Gasteiger partial charge is 0.372 e. The van der Waals surface area contributed by atoms with E-state index >= 15 is 0 Å². The zero-order valence-electron chi connectivity index (χ0n) is 10.6. The van der Waals surface area contributed by atoms with Crippen LogP contribution in [0.15, 0.2) is 18.2 Å². The predicted molar refractivity (Wildman–Crippen MR) is 68.0 cm³/mol.